The van der Waals surface area contributed by atoms with E-state index in [1.807, 2.05) is 22.9 Å². The first-order valence-electron chi connectivity index (χ1n) is 8.19. The van der Waals surface area contributed by atoms with Crippen molar-refractivity contribution >= 4 is 0 Å². The van der Waals surface area contributed by atoms with Gasteiger partial charge in [0.25, 0.3) is 0 Å². The lowest BCUT2D eigenvalue weighted by Gasteiger charge is -2.16. The van der Waals surface area contributed by atoms with Gasteiger partial charge in [0.1, 0.15) is 0 Å². The highest BCUT2D eigenvalue weighted by Crippen LogP contribution is 2.19. The number of nitrogens with zero attached hydrogens (tertiary/aromatic N) is 2. The number of hydrogen-bond donors (Lipinski definition) is 1. The number of aromatic nitrogens is 2. The molecule has 0 fully saturated rings. The van der Waals surface area contributed by atoms with E-state index >= 15 is 0 Å². The van der Waals surface area contributed by atoms with Crippen molar-refractivity contribution in [1.82, 2.24) is 15.1 Å². The van der Waals surface area contributed by atoms with Crippen LogP contribution in [0.1, 0.15) is 57.7 Å². The first-order chi connectivity index (χ1) is 10.3. The third-order valence-corrected chi connectivity index (χ3v) is 3.72. The highest BCUT2D eigenvalue weighted by molar-refractivity contribution is 5.30. The van der Waals surface area contributed by atoms with Crippen molar-refractivity contribution in [1.29, 1.82) is 0 Å². The van der Waals surface area contributed by atoms with E-state index in [0.717, 1.165) is 24.3 Å². The zero-order chi connectivity index (χ0) is 14.9. The van der Waals surface area contributed by atoms with Gasteiger partial charge in [-0.05, 0) is 37.6 Å². The van der Waals surface area contributed by atoms with Crippen molar-refractivity contribution in [3.63, 3.8) is 0 Å². The van der Waals surface area contributed by atoms with E-state index in [9.17, 15) is 0 Å². The average Bonchev–Trinajstić information content (AvgIpc) is 3.01. The van der Waals surface area contributed by atoms with Crippen molar-refractivity contribution in [3.8, 4) is 5.69 Å². The van der Waals surface area contributed by atoms with Gasteiger partial charge in [0.15, 0.2) is 0 Å². The molecule has 0 aliphatic carbocycles. The van der Waals surface area contributed by atoms with Crippen LogP contribution in [0, 0.1) is 0 Å². The average molecular weight is 285 g/mol. The molecule has 0 saturated heterocycles. The molecule has 2 rings (SSSR count). The number of rotatable bonds is 9. The molecule has 0 saturated carbocycles. The van der Waals surface area contributed by atoms with Gasteiger partial charge in [-0.2, -0.15) is 5.10 Å². The smallest absolute Gasteiger partial charge is 0.0798 e. The van der Waals surface area contributed by atoms with Crippen LogP contribution in [0.3, 0.4) is 0 Å². The largest absolute Gasteiger partial charge is 0.309 e. The highest BCUT2D eigenvalue weighted by atomic mass is 15.3. The van der Waals surface area contributed by atoms with Crippen LogP contribution in [0.2, 0.25) is 0 Å². The lowest BCUT2D eigenvalue weighted by molar-refractivity contribution is 0.463. The molecule has 0 aliphatic heterocycles. The molecule has 0 bridgehead atoms. The van der Waals surface area contributed by atoms with Crippen molar-refractivity contribution in [2.45, 2.75) is 52.0 Å². The Balaban J connectivity index is 2.07. The normalized spacial score (nSPS) is 12.5. The molecule has 1 heterocycles. The summed E-state index contributed by atoms with van der Waals surface area (Å²) in [6.45, 7) is 5.51. The Morgan fingerprint density at radius 3 is 2.57 bits per heavy atom. The van der Waals surface area contributed by atoms with Crippen LogP contribution >= 0.6 is 0 Å². The van der Waals surface area contributed by atoms with Gasteiger partial charge in [-0.25, -0.2) is 4.68 Å². The maximum Gasteiger partial charge on any atom is 0.0798 e. The van der Waals surface area contributed by atoms with Crippen LogP contribution in [0.15, 0.2) is 42.6 Å². The minimum absolute atomic E-state index is 0.376. The van der Waals surface area contributed by atoms with Gasteiger partial charge in [-0.15, -0.1) is 0 Å². The Hall–Kier alpha value is -1.61. The fourth-order valence-corrected chi connectivity index (χ4v) is 2.52. The molecular formula is C18H27N3. The lowest BCUT2D eigenvalue weighted by atomic mass is 10.1. The minimum atomic E-state index is 0.376. The minimum Gasteiger partial charge on any atom is -0.309 e. The maximum atomic E-state index is 4.77. The molecule has 21 heavy (non-hydrogen) atoms. The molecule has 3 nitrogen and oxygen atoms in total. The quantitative estimate of drug-likeness (QED) is 0.688. The summed E-state index contributed by atoms with van der Waals surface area (Å²) in [6.07, 6.45) is 8.20. The summed E-state index contributed by atoms with van der Waals surface area (Å²) in [5, 5.41) is 8.40. The molecule has 1 aromatic carbocycles. The molecule has 0 spiro atoms. The molecule has 0 aliphatic rings. The number of nitrogens with one attached hydrogen (secondary N) is 1. The third kappa shape index (κ3) is 4.71. The monoisotopic (exact) mass is 285 g/mol. The second-order valence-corrected chi connectivity index (χ2v) is 5.52. The molecule has 1 unspecified atom stereocenters. The van der Waals surface area contributed by atoms with Crippen LogP contribution in [-0.4, -0.2) is 16.3 Å². The SMILES string of the molecule is CCCCCC(NCCC)c1ccn(-c2ccccc2)n1. The summed E-state index contributed by atoms with van der Waals surface area (Å²) in [5.74, 6) is 0. The summed E-state index contributed by atoms with van der Waals surface area (Å²) in [5.41, 5.74) is 2.27. The second-order valence-electron chi connectivity index (χ2n) is 5.52. The third-order valence-electron chi connectivity index (χ3n) is 3.72. The summed E-state index contributed by atoms with van der Waals surface area (Å²) in [6, 6.07) is 12.8. The predicted octanol–water partition coefficient (Wildman–Crippen LogP) is 4.49. The first kappa shape index (κ1) is 15.8. The Bertz CT molecular complexity index is 504. The summed E-state index contributed by atoms with van der Waals surface area (Å²) >= 11 is 0. The molecule has 0 radical (unpaired) electrons. The van der Waals surface area contributed by atoms with Crippen molar-refractivity contribution in [2.75, 3.05) is 6.54 Å². The zero-order valence-electron chi connectivity index (χ0n) is 13.3. The molecule has 1 N–H and O–H groups in total. The summed E-state index contributed by atoms with van der Waals surface area (Å²) in [7, 11) is 0. The number of para-hydroxylation sites is 1. The van der Waals surface area contributed by atoms with Crippen molar-refractivity contribution < 1.29 is 0 Å². The molecule has 1 aromatic heterocycles. The Kier molecular flexibility index (Phi) is 6.48. The number of hydrogen-bond acceptors (Lipinski definition) is 2. The van der Waals surface area contributed by atoms with E-state index in [2.05, 4.69) is 43.6 Å². The Morgan fingerprint density at radius 2 is 1.86 bits per heavy atom. The maximum absolute atomic E-state index is 4.77. The zero-order valence-corrected chi connectivity index (χ0v) is 13.3. The Morgan fingerprint density at radius 1 is 1.05 bits per heavy atom. The van der Waals surface area contributed by atoms with E-state index in [1.54, 1.807) is 0 Å². The van der Waals surface area contributed by atoms with Crippen molar-refractivity contribution in [3.05, 3.63) is 48.3 Å². The van der Waals surface area contributed by atoms with Crippen molar-refractivity contribution in [2.24, 2.45) is 0 Å². The van der Waals surface area contributed by atoms with Gasteiger partial charge in [0, 0.05) is 6.20 Å². The molecular weight excluding hydrogens is 258 g/mol. The standard InChI is InChI=1S/C18H27N3/c1-3-5-7-12-17(19-14-4-2)18-13-15-21(20-18)16-10-8-6-9-11-16/h6,8-11,13,15,17,19H,3-5,7,12,14H2,1-2H3. The van der Waals surface area contributed by atoms with E-state index in [1.165, 1.54) is 25.7 Å². The van der Waals surface area contributed by atoms with Crippen LogP contribution in [-0.2, 0) is 0 Å². The van der Waals surface area contributed by atoms with Gasteiger partial charge in [0.05, 0.1) is 17.4 Å². The molecule has 3 heteroatoms. The van der Waals surface area contributed by atoms with Gasteiger partial charge < -0.3 is 5.32 Å². The number of benzene rings is 1. The topological polar surface area (TPSA) is 29.9 Å². The Labute approximate surface area is 128 Å². The van der Waals surface area contributed by atoms with E-state index in [0.29, 0.717) is 6.04 Å². The number of unbranched alkanes of at least 4 members (excludes halogenated alkanes) is 2. The predicted molar refractivity (Wildman–Crippen MR) is 88.7 cm³/mol. The van der Waals surface area contributed by atoms with E-state index < -0.39 is 0 Å². The fourth-order valence-electron chi connectivity index (χ4n) is 2.52. The second kappa shape index (κ2) is 8.63. The van der Waals surface area contributed by atoms with Crippen LogP contribution in [0.4, 0.5) is 0 Å². The highest BCUT2D eigenvalue weighted by Gasteiger charge is 2.13. The van der Waals surface area contributed by atoms with Gasteiger partial charge in [-0.3, -0.25) is 0 Å². The van der Waals surface area contributed by atoms with Crippen LogP contribution in [0.25, 0.3) is 5.69 Å². The summed E-state index contributed by atoms with van der Waals surface area (Å²) in [4.78, 5) is 0. The molecule has 2 aromatic rings. The van der Waals surface area contributed by atoms with Crippen LogP contribution in [0.5, 0.6) is 0 Å². The van der Waals surface area contributed by atoms with E-state index in [4.69, 9.17) is 5.10 Å². The fraction of sp³-hybridized carbons (Fsp3) is 0.500. The first-order valence-corrected chi connectivity index (χ1v) is 8.19. The van der Waals surface area contributed by atoms with E-state index in [-0.39, 0.29) is 0 Å². The molecule has 114 valence electrons. The summed E-state index contributed by atoms with van der Waals surface area (Å²) < 4.78 is 1.97. The van der Waals surface area contributed by atoms with Gasteiger partial charge >= 0.3 is 0 Å². The van der Waals surface area contributed by atoms with Gasteiger partial charge in [-0.1, -0.05) is 51.3 Å². The molecule has 1 atom stereocenters. The lowest BCUT2D eigenvalue weighted by Crippen LogP contribution is -2.22. The van der Waals surface area contributed by atoms with Crippen LogP contribution < -0.4 is 5.32 Å². The molecule has 0 amide bonds. The van der Waals surface area contributed by atoms with Gasteiger partial charge in [0.2, 0.25) is 0 Å².